The van der Waals surface area contributed by atoms with Crippen LogP contribution >= 0.6 is 11.3 Å². The molecule has 0 bridgehead atoms. The van der Waals surface area contributed by atoms with Crippen LogP contribution in [-0.2, 0) is 12.0 Å². The molecule has 0 unspecified atom stereocenters. The molecule has 0 amide bonds. The third-order valence-electron chi connectivity index (χ3n) is 3.97. The molecular formula is C16H28N2S. The van der Waals surface area contributed by atoms with Crippen LogP contribution in [0.5, 0.6) is 0 Å². The summed E-state index contributed by atoms with van der Waals surface area (Å²) in [5, 5.41) is 7.18. The second-order valence-electron chi connectivity index (χ2n) is 6.80. The molecule has 1 aromatic rings. The summed E-state index contributed by atoms with van der Waals surface area (Å²) in [5.41, 5.74) is 1.40. The van der Waals surface area contributed by atoms with Crippen molar-refractivity contribution in [3.63, 3.8) is 0 Å². The molecular weight excluding hydrogens is 252 g/mol. The number of thiazole rings is 1. The predicted molar refractivity (Wildman–Crippen MR) is 83.8 cm³/mol. The van der Waals surface area contributed by atoms with Crippen molar-refractivity contribution in [2.45, 2.75) is 83.7 Å². The zero-order chi connectivity index (χ0) is 13.7. The standard InChI is InChI=1S/C16H28N2S/c1-16(2,3)14-12-19-15(18-14)11-17-13-9-7-5-4-6-8-10-13/h12-13,17H,4-11H2,1-3H3. The van der Waals surface area contributed by atoms with E-state index in [-0.39, 0.29) is 5.41 Å². The van der Waals surface area contributed by atoms with Crippen LogP contribution in [0.3, 0.4) is 0 Å². The molecule has 1 aliphatic carbocycles. The van der Waals surface area contributed by atoms with E-state index in [4.69, 9.17) is 4.98 Å². The molecule has 1 saturated carbocycles. The summed E-state index contributed by atoms with van der Waals surface area (Å²) in [7, 11) is 0. The molecule has 0 radical (unpaired) electrons. The summed E-state index contributed by atoms with van der Waals surface area (Å²) in [6.45, 7) is 7.64. The van der Waals surface area contributed by atoms with Gasteiger partial charge in [0.15, 0.2) is 0 Å². The molecule has 2 nitrogen and oxygen atoms in total. The minimum atomic E-state index is 0.176. The summed E-state index contributed by atoms with van der Waals surface area (Å²) in [5.74, 6) is 0. The lowest BCUT2D eigenvalue weighted by Crippen LogP contribution is -2.29. The topological polar surface area (TPSA) is 24.9 Å². The van der Waals surface area contributed by atoms with Crippen molar-refractivity contribution in [3.8, 4) is 0 Å². The average molecular weight is 280 g/mol. The monoisotopic (exact) mass is 280 g/mol. The molecule has 19 heavy (non-hydrogen) atoms. The molecule has 0 saturated heterocycles. The molecule has 1 aromatic heterocycles. The first-order valence-electron chi connectivity index (χ1n) is 7.74. The fourth-order valence-electron chi connectivity index (χ4n) is 2.63. The van der Waals surface area contributed by atoms with E-state index in [2.05, 4.69) is 31.5 Å². The van der Waals surface area contributed by atoms with E-state index in [9.17, 15) is 0 Å². The Kier molecular flexibility index (Phi) is 5.40. The number of rotatable bonds is 3. The Labute approximate surface area is 122 Å². The number of nitrogens with one attached hydrogen (secondary N) is 1. The van der Waals surface area contributed by atoms with Gasteiger partial charge in [-0.25, -0.2) is 4.98 Å². The van der Waals surface area contributed by atoms with Crippen molar-refractivity contribution in [2.75, 3.05) is 0 Å². The first-order valence-corrected chi connectivity index (χ1v) is 8.62. The highest BCUT2D eigenvalue weighted by molar-refractivity contribution is 7.09. The SMILES string of the molecule is CC(C)(C)c1csc(CNC2CCCCCCC2)n1. The largest absolute Gasteiger partial charge is 0.308 e. The first-order chi connectivity index (χ1) is 9.05. The van der Waals surface area contributed by atoms with Gasteiger partial charge >= 0.3 is 0 Å². The number of hydrogen-bond acceptors (Lipinski definition) is 3. The Hall–Kier alpha value is -0.410. The molecule has 0 aromatic carbocycles. The maximum Gasteiger partial charge on any atom is 0.107 e. The zero-order valence-electron chi connectivity index (χ0n) is 12.7. The van der Waals surface area contributed by atoms with Crippen LogP contribution in [0.1, 0.15) is 76.4 Å². The molecule has 1 aliphatic rings. The van der Waals surface area contributed by atoms with Gasteiger partial charge in [-0.3, -0.25) is 0 Å². The number of hydrogen-bond donors (Lipinski definition) is 1. The van der Waals surface area contributed by atoms with Gasteiger partial charge in [0.05, 0.1) is 5.69 Å². The Balaban J connectivity index is 1.82. The molecule has 0 aliphatic heterocycles. The fraction of sp³-hybridized carbons (Fsp3) is 0.812. The van der Waals surface area contributed by atoms with Crippen molar-refractivity contribution in [1.82, 2.24) is 10.3 Å². The lowest BCUT2D eigenvalue weighted by molar-refractivity contribution is 0.388. The smallest absolute Gasteiger partial charge is 0.107 e. The lowest BCUT2D eigenvalue weighted by atomic mass is 9.93. The van der Waals surface area contributed by atoms with E-state index in [1.165, 1.54) is 55.6 Å². The van der Waals surface area contributed by atoms with E-state index < -0.39 is 0 Å². The summed E-state index contributed by atoms with van der Waals surface area (Å²) >= 11 is 1.80. The quantitative estimate of drug-likeness (QED) is 0.872. The van der Waals surface area contributed by atoms with Crippen molar-refractivity contribution in [1.29, 1.82) is 0 Å². The third-order valence-corrected chi connectivity index (χ3v) is 4.82. The second-order valence-corrected chi connectivity index (χ2v) is 7.74. The van der Waals surface area contributed by atoms with Gasteiger partial charge in [0.25, 0.3) is 0 Å². The Bertz CT molecular complexity index is 370. The van der Waals surface area contributed by atoms with Gasteiger partial charge in [-0.05, 0) is 12.8 Å². The van der Waals surface area contributed by atoms with E-state index in [1.54, 1.807) is 11.3 Å². The molecule has 0 spiro atoms. The highest BCUT2D eigenvalue weighted by Crippen LogP contribution is 2.24. The van der Waals surface area contributed by atoms with Crippen LogP contribution in [0, 0.1) is 0 Å². The average Bonchev–Trinajstić information content (AvgIpc) is 2.76. The summed E-state index contributed by atoms with van der Waals surface area (Å²) in [6.07, 6.45) is 9.75. The van der Waals surface area contributed by atoms with Crippen molar-refractivity contribution in [2.24, 2.45) is 0 Å². The Morgan fingerprint density at radius 1 is 1.16 bits per heavy atom. The number of aromatic nitrogens is 1. The van der Waals surface area contributed by atoms with Crippen molar-refractivity contribution < 1.29 is 0 Å². The van der Waals surface area contributed by atoms with Gasteiger partial charge in [0.2, 0.25) is 0 Å². The maximum absolute atomic E-state index is 4.76. The van der Waals surface area contributed by atoms with E-state index in [0.29, 0.717) is 6.04 Å². The maximum atomic E-state index is 4.76. The molecule has 1 heterocycles. The summed E-state index contributed by atoms with van der Waals surface area (Å²) < 4.78 is 0. The second kappa shape index (κ2) is 6.85. The van der Waals surface area contributed by atoms with E-state index in [0.717, 1.165) is 6.54 Å². The van der Waals surface area contributed by atoms with E-state index >= 15 is 0 Å². The third kappa shape index (κ3) is 4.88. The highest BCUT2D eigenvalue weighted by Gasteiger charge is 2.18. The van der Waals surface area contributed by atoms with Crippen LogP contribution in [-0.4, -0.2) is 11.0 Å². The lowest BCUT2D eigenvalue weighted by Gasteiger charge is -2.20. The summed E-state index contributed by atoms with van der Waals surface area (Å²) in [6, 6.07) is 0.710. The molecule has 3 heteroatoms. The predicted octanol–water partition coefficient (Wildman–Crippen LogP) is 4.64. The fourth-order valence-corrected chi connectivity index (χ4v) is 3.60. The zero-order valence-corrected chi connectivity index (χ0v) is 13.5. The van der Waals surface area contributed by atoms with Crippen molar-refractivity contribution in [3.05, 3.63) is 16.1 Å². The van der Waals surface area contributed by atoms with Gasteiger partial charge < -0.3 is 5.32 Å². The molecule has 1 fully saturated rings. The van der Waals surface area contributed by atoms with Gasteiger partial charge in [-0.2, -0.15) is 0 Å². The normalized spacial score (nSPS) is 19.1. The van der Waals surface area contributed by atoms with Gasteiger partial charge in [-0.1, -0.05) is 52.9 Å². The molecule has 1 N–H and O–H groups in total. The minimum Gasteiger partial charge on any atom is -0.308 e. The van der Waals surface area contributed by atoms with Gasteiger partial charge in [-0.15, -0.1) is 11.3 Å². The van der Waals surface area contributed by atoms with E-state index in [1.807, 2.05) is 0 Å². The molecule has 0 atom stereocenters. The number of nitrogens with zero attached hydrogens (tertiary/aromatic N) is 1. The Morgan fingerprint density at radius 3 is 2.37 bits per heavy atom. The van der Waals surface area contributed by atoms with Crippen LogP contribution in [0.25, 0.3) is 0 Å². The highest BCUT2D eigenvalue weighted by atomic mass is 32.1. The Morgan fingerprint density at radius 2 is 1.79 bits per heavy atom. The van der Waals surface area contributed by atoms with Gasteiger partial charge in [0.1, 0.15) is 5.01 Å². The summed E-state index contributed by atoms with van der Waals surface area (Å²) in [4.78, 5) is 4.76. The van der Waals surface area contributed by atoms with Crippen molar-refractivity contribution >= 4 is 11.3 Å². The molecule has 108 valence electrons. The van der Waals surface area contributed by atoms with Crippen LogP contribution < -0.4 is 5.32 Å². The van der Waals surface area contributed by atoms with Crippen LogP contribution in [0.4, 0.5) is 0 Å². The first kappa shape index (κ1) is 15.0. The molecule has 2 rings (SSSR count). The van der Waals surface area contributed by atoms with Crippen LogP contribution in [0.2, 0.25) is 0 Å². The van der Waals surface area contributed by atoms with Gasteiger partial charge in [0, 0.05) is 23.4 Å². The minimum absolute atomic E-state index is 0.176. The van der Waals surface area contributed by atoms with Crippen LogP contribution in [0.15, 0.2) is 5.38 Å².